The third-order valence-corrected chi connectivity index (χ3v) is 6.69. The summed E-state index contributed by atoms with van der Waals surface area (Å²) < 4.78 is 36.3. The van der Waals surface area contributed by atoms with Crippen LogP contribution in [0.3, 0.4) is 0 Å². The van der Waals surface area contributed by atoms with Crippen molar-refractivity contribution in [2.45, 2.75) is 65.6 Å². The molecule has 3 rings (SSSR count). The lowest BCUT2D eigenvalue weighted by atomic mass is 10.0. The number of fused-ring (bicyclic) bond motifs is 2. The van der Waals surface area contributed by atoms with Gasteiger partial charge >= 0.3 is 11.9 Å². The van der Waals surface area contributed by atoms with Crippen LogP contribution in [0.4, 0.5) is 0 Å². The predicted molar refractivity (Wildman–Crippen MR) is 163 cm³/mol. The normalized spacial score (nSPS) is 12.7. The van der Waals surface area contributed by atoms with E-state index in [0.717, 1.165) is 38.9 Å². The zero-order valence-electron chi connectivity index (χ0n) is 24.4. The van der Waals surface area contributed by atoms with E-state index in [1.165, 1.54) is 0 Å². The van der Waals surface area contributed by atoms with Gasteiger partial charge in [0, 0.05) is 52.1 Å². The second kappa shape index (κ2) is 17.2. The Bertz CT molecular complexity index is 1280. The number of benzene rings is 3. The lowest BCUT2D eigenvalue weighted by Gasteiger charge is -2.23. The van der Waals surface area contributed by atoms with Crippen molar-refractivity contribution >= 4 is 49.4 Å². The highest BCUT2D eigenvalue weighted by molar-refractivity contribution is 9.10. The molecule has 0 spiro atoms. The Morgan fingerprint density at radius 1 is 0.659 bits per heavy atom. The molecular weight excluding hydrogens is 592 g/mol. The number of esters is 2. The Hall–Kier alpha value is -2.88. The van der Waals surface area contributed by atoms with Crippen LogP contribution < -0.4 is 9.47 Å². The summed E-state index contributed by atoms with van der Waals surface area (Å²) in [6.45, 7) is 9.48. The van der Waals surface area contributed by atoms with Gasteiger partial charge in [-0.2, -0.15) is 0 Å². The van der Waals surface area contributed by atoms with Gasteiger partial charge in [-0.25, -0.2) is 0 Å². The first-order valence-corrected chi connectivity index (χ1v) is 15.1. The molecule has 41 heavy (non-hydrogen) atoms. The van der Waals surface area contributed by atoms with Gasteiger partial charge in [0.25, 0.3) is 0 Å². The maximum Gasteiger partial charge on any atom is 0.305 e. The van der Waals surface area contributed by atoms with Gasteiger partial charge in [0.1, 0.15) is 24.7 Å². The molecule has 0 saturated heterocycles. The Morgan fingerprint density at radius 3 is 1.59 bits per heavy atom. The molecule has 3 aromatic rings. The highest BCUT2D eigenvalue weighted by atomic mass is 79.9. The van der Waals surface area contributed by atoms with Crippen LogP contribution in [-0.4, -0.2) is 63.8 Å². The second-order valence-electron chi connectivity index (χ2n) is 9.60. The number of ether oxygens (including phenoxy) is 6. The SMILES string of the molecule is CCCOCC(COc1c2ccccc2c(OCC(COCCC)OC(=O)CC)c2cc(Br)ccc12)OC(=O)CC. The number of halogens is 1. The van der Waals surface area contributed by atoms with Crippen LogP contribution in [0, 0.1) is 0 Å². The van der Waals surface area contributed by atoms with E-state index in [-0.39, 0.29) is 51.2 Å². The third-order valence-electron chi connectivity index (χ3n) is 6.19. The Kier molecular flexibility index (Phi) is 13.7. The van der Waals surface area contributed by atoms with Crippen LogP contribution >= 0.6 is 15.9 Å². The van der Waals surface area contributed by atoms with Gasteiger partial charge in [-0.15, -0.1) is 0 Å². The summed E-state index contributed by atoms with van der Waals surface area (Å²) in [6, 6.07) is 13.7. The van der Waals surface area contributed by atoms with Gasteiger partial charge in [0.2, 0.25) is 0 Å². The van der Waals surface area contributed by atoms with E-state index in [1.807, 2.05) is 56.3 Å². The number of rotatable bonds is 18. The van der Waals surface area contributed by atoms with E-state index >= 15 is 0 Å². The largest absolute Gasteiger partial charge is 0.488 e. The van der Waals surface area contributed by atoms with Crippen molar-refractivity contribution in [1.29, 1.82) is 0 Å². The topological polar surface area (TPSA) is 89.5 Å². The van der Waals surface area contributed by atoms with Crippen LogP contribution in [0.5, 0.6) is 11.5 Å². The molecule has 0 aliphatic carbocycles. The fraction of sp³-hybridized carbons (Fsp3) is 0.500. The number of hydrogen-bond acceptors (Lipinski definition) is 8. The molecule has 0 aliphatic heterocycles. The van der Waals surface area contributed by atoms with Crippen molar-refractivity contribution in [1.82, 2.24) is 0 Å². The van der Waals surface area contributed by atoms with Crippen LogP contribution in [0.25, 0.3) is 21.5 Å². The minimum atomic E-state index is -0.553. The third kappa shape index (κ3) is 9.58. The molecular formula is C32H41BrO8. The molecule has 0 aromatic heterocycles. The summed E-state index contributed by atoms with van der Waals surface area (Å²) in [5.74, 6) is 0.699. The molecule has 0 heterocycles. The molecule has 0 fully saturated rings. The molecule has 2 unspecified atom stereocenters. The van der Waals surface area contributed by atoms with Crippen molar-refractivity contribution in [3.8, 4) is 11.5 Å². The minimum Gasteiger partial charge on any atom is -0.488 e. The number of carbonyl (C=O) groups excluding carboxylic acids is 2. The van der Waals surface area contributed by atoms with E-state index in [0.29, 0.717) is 24.7 Å². The Labute approximate surface area is 250 Å². The van der Waals surface area contributed by atoms with Gasteiger partial charge in [0.05, 0.1) is 13.2 Å². The average molecular weight is 634 g/mol. The van der Waals surface area contributed by atoms with Crippen LogP contribution in [0.2, 0.25) is 0 Å². The van der Waals surface area contributed by atoms with Crippen LogP contribution in [-0.2, 0) is 28.5 Å². The first-order chi connectivity index (χ1) is 19.9. The zero-order valence-corrected chi connectivity index (χ0v) is 26.0. The fourth-order valence-corrected chi connectivity index (χ4v) is 4.59. The summed E-state index contributed by atoms with van der Waals surface area (Å²) in [5.41, 5.74) is 0. The minimum absolute atomic E-state index is 0.130. The maximum absolute atomic E-state index is 12.1. The molecule has 2 atom stereocenters. The molecule has 0 aliphatic rings. The molecule has 9 heteroatoms. The van der Waals surface area contributed by atoms with Gasteiger partial charge in [0.15, 0.2) is 12.2 Å². The first-order valence-electron chi connectivity index (χ1n) is 14.4. The predicted octanol–water partition coefficient (Wildman–Crippen LogP) is 7.01. The van der Waals surface area contributed by atoms with E-state index in [4.69, 9.17) is 28.4 Å². The molecule has 0 amide bonds. The van der Waals surface area contributed by atoms with Crippen molar-refractivity contribution in [3.05, 3.63) is 46.9 Å². The van der Waals surface area contributed by atoms with Crippen LogP contribution in [0.1, 0.15) is 53.4 Å². The Balaban J connectivity index is 1.97. The van der Waals surface area contributed by atoms with E-state index in [9.17, 15) is 9.59 Å². The fourth-order valence-electron chi connectivity index (χ4n) is 4.22. The maximum atomic E-state index is 12.1. The monoisotopic (exact) mass is 632 g/mol. The standard InChI is InChI=1S/C32H41BrO8/c1-5-15-36-18-23(40-29(34)7-3)20-38-31-25-11-9-10-12-26(25)32(28-17-22(33)13-14-27(28)31)39-21-24(19-37-16-6-2)41-30(35)8-4/h9-14,17,23-24H,5-8,15-16,18-21H2,1-4H3. The van der Waals surface area contributed by atoms with Gasteiger partial charge in [-0.3, -0.25) is 9.59 Å². The van der Waals surface area contributed by atoms with E-state index in [1.54, 1.807) is 13.8 Å². The molecule has 224 valence electrons. The van der Waals surface area contributed by atoms with Crippen LogP contribution in [0.15, 0.2) is 46.9 Å². The molecule has 3 aromatic carbocycles. The van der Waals surface area contributed by atoms with Crippen molar-refractivity contribution in [2.24, 2.45) is 0 Å². The van der Waals surface area contributed by atoms with E-state index < -0.39 is 12.2 Å². The average Bonchev–Trinajstić information content (AvgIpc) is 2.98. The molecule has 0 N–H and O–H groups in total. The molecule has 0 saturated carbocycles. The summed E-state index contributed by atoms with van der Waals surface area (Å²) >= 11 is 3.59. The molecule has 0 radical (unpaired) electrons. The quantitative estimate of drug-likeness (QED) is 0.0840. The highest BCUT2D eigenvalue weighted by Crippen LogP contribution is 2.43. The van der Waals surface area contributed by atoms with Gasteiger partial charge in [-0.1, -0.05) is 67.9 Å². The zero-order chi connectivity index (χ0) is 29.6. The van der Waals surface area contributed by atoms with Crippen molar-refractivity contribution in [2.75, 3.05) is 39.6 Å². The van der Waals surface area contributed by atoms with Crippen molar-refractivity contribution < 1.29 is 38.0 Å². The van der Waals surface area contributed by atoms with Crippen molar-refractivity contribution in [3.63, 3.8) is 0 Å². The molecule has 8 nitrogen and oxygen atoms in total. The van der Waals surface area contributed by atoms with Gasteiger partial charge < -0.3 is 28.4 Å². The second-order valence-corrected chi connectivity index (χ2v) is 10.5. The first kappa shape index (κ1) is 32.6. The molecule has 0 bridgehead atoms. The lowest BCUT2D eigenvalue weighted by molar-refractivity contribution is -0.154. The summed E-state index contributed by atoms with van der Waals surface area (Å²) in [7, 11) is 0. The Morgan fingerprint density at radius 2 is 1.12 bits per heavy atom. The summed E-state index contributed by atoms with van der Waals surface area (Å²) in [6.07, 6.45) is 1.17. The smallest absolute Gasteiger partial charge is 0.305 e. The summed E-state index contributed by atoms with van der Waals surface area (Å²) in [4.78, 5) is 24.2. The summed E-state index contributed by atoms with van der Waals surface area (Å²) in [5, 5.41) is 3.35. The highest BCUT2D eigenvalue weighted by Gasteiger charge is 2.22. The number of carbonyl (C=O) groups is 2. The lowest BCUT2D eigenvalue weighted by Crippen LogP contribution is -2.30. The van der Waals surface area contributed by atoms with E-state index in [2.05, 4.69) is 15.9 Å². The number of hydrogen-bond donors (Lipinski definition) is 0. The van der Waals surface area contributed by atoms with Gasteiger partial charge in [-0.05, 0) is 31.0 Å².